The van der Waals surface area contributed by atoms with Crippen LogP contribution in [0.2, 0.25) is 0 Å². The Labute approximate surface area is 52.5 Å². The molecule has 0 bridgehead atoms. The highest BCUT2D eigenvalue weighted by atomic mass is 14.8. The Kier molecular flexibility index (Phi) is 5.08. The van der Waals surface area contributed by atoms with E-state index < -0.39 is 0 Å². The fraction of sp³-hybridized carbons (Fsp3) is 1.00. The second-order valence-corrected chi connectivity index (χ2v) is 2.33. The molecule has 0 saturated carbocycles. The first kappa shape index (κ1) is 7.96. The lowest BCUT2D eigenvalue weighted by Crippen LogP contribution is -2.20. The zero-order chi connectivity index (χ0) is 6.41. The highest BCUT2D eigenvalue weighted by Gasteiger charge is 1.93. The van der Waals surface area contributed by atoms with Gasteiger partial charge in [0.25, 0.3) is 0 Å². The Morgan fingerprint density at radius 3 is 2.50 bits per heavy atom. The third kappa shape index (κ3) is 4.13. The fourth-order valence-electron chi connectivity index (χ4n) is 0.655. The molecule has 1 atom stereocenters. The van der Waals surface area contributed by atoms with Crippen molar-refractivity contribution in [2.45, 2.75) is 39.2 Å². The average Bonchev–Trinajstić information content (AvgIpc) is 1.83. The molecule has 0 aliphatic carbocycles. The molecule has 1 nitrogen and oxygen atoms in total. The summed E-state index contributed by atoms with van der Waals surface area (Å²) in [6.07, 6.45) is 3.97. The van der Waals surface area contributed by atoms with Gasteiger partial charge >= 0.3 is 0 Å². The zero-order valence-corrected chi connectivity index (χ0v) is 6.20. The molecular formula is C7H17N. The van der Waals surface area contributed by atoms with Crippen LogP contribution in [-0.4, -0.2) is 13.1 Å². The monoisotopic (exact) mass is 115 g/mol. The second-order valence-electron chi connectivity index (χ2n) is 2.33. The summed E-state index contributed by atoms with van der Waals surface area (Å²) in [5.41, 5.74) is 0. The SMILES string of the molecule is CCCC[C@@H](C)NC. The van der Waals surface area contributed by atoms with Gasteiger partial charge in [-0.05, 0) is 20.4 Å². The molecule has 0 amide bonds. The number of hydrogen-bond donors (Lipinski definition) is 1. The lowest BCUT2D eigenvalue weighted by Gasteiger charge is -2.06. The van der Waals surface area contributed by atoms with E-state index in [0.29, 0.717) is 6.04 Å². The molecular weight excluding hydrogens is 98.1 g/mol. The lowest BCUT2D eigenvalue weighted by molar-refractivity contribution is 0.537. The molecule has 0 aromatic rings. The van der Waals surface area contributed by atoms with Crippen molar-refractivity contribution in [2.75, 3.05) is 7.05 Å². The average molecular weight is 115 g/mol. The van der Waals surface area contributed by atoms with E-state index >= 15 is 0 Å². The van der Waals surface area contributed by atoms with Crippen molar-refractivity contribution in [3.8, 4) is 0 Å². The molecule has 1 N–H and O–H groups in total. The molecule has 0 heterocycles. The van der Waals surface area contributed by atoms with E-state index in [1.807, 2.05) is 7.05 Å². The highest BCUT2D eigenvalue weighted by molar-refractivity contribution is 4.54. The smallest absolute Gasteiger partial charge is 0.00357 e. The van der Waals surface area contributed by atoms with E-state index in [-0.39, 0.29) is 0 Å². The van der Waals surface area contributed by atoms with Crippen LogP contribution in [0.5, 0.6) is 0 Å². The topological polar surface area (TPSA) is 12.0 Å². The summed E-state index contributed by atoms with van der Waals surface area (Å²) >= 11 is 0. The first-order valence-electron chi connectivity index (χ1n) is 3.48. The maximum absolute atomic E-state index is 3.20. The predicted molar refractivity (Wildman–Crippen MR) is 38.0 cm³/mol. The van der Waals surface area contributed by atoms with E-state index in [0.717, 1.165) is 0 Å². The van der Waals surface area contributed by atoms with E-state index in [1.165, 1.54) is 19.3 Å². The minimum absolute atomic E-state index is 0.704. The molecule has 0 aromatic carbocycles. The maximum Gasteiger partial charge on any atom is 0.00357 e. The van der Waals surface area contributed by atoms with Crippen molar-refractivity contribution < 1.29 is 0 Å². The van der Waals surface area contributed by atoms with Crippen molar-refractivity contribution in [1.82, 2.24) is 5.32 Å². The molecule has 1 heteroatoms. The summed E-state index contributed by atoms with van der Waals surface area (Å²) in [4.78, 5) is 0. The van der Waals surface area contributed by atoms with Crippen LogP contribution >= 0.6 is 0 Å². The van der Waals surface area contributed by atoms with Gasteiger partial charge in [-0.15, -0.1) is 0 Å². The van der Waals surface area contributed by atoms with Crippen LogP contribution in [0.3, 0.4) is 0 Å². The van der Waals surface area contributed by atoms with Gasteiger partial charge in [0.15, 0.2) is 0 Å². The quantitative estimate of drug-likeness (QED) is 0.589. The first-order valence-corrected chi connectivity index (χ1v) is 3.48. The fourth-order valence-corrected chi connectivity index (χ4v) is 0.655. The highest BCUT2D eigenvalue weighted by Crippen LogP contribution is 1.97. The molecule has 8 heavy (non-hydrogen) atoms. The number of nitrogens with one attached hydrogen (secondary N) is 1. The molecule has 0 unspecified atom stereocenters. The van der Waals surface area contributed by atoms with Crippen molar-refractivity contribution in [3.05, 3.63) is 0 Å². The summed E-state index contributed by atoms with van der Waals surface area (Å²) in [6.45, 7) is 4.44. The van der Waals surface area contributed by atoms with E-state index in [9.17, 15) is 0 Å². The van der Waals surface area contributed by atoms with E-state index in [4.69, 9.17) is 0 Å². The van der Waals surface area contributed by atoms with Gasteiger partial charge in [-0.2, -0.15) is 0 Å². The van der Waals surface area contributed by atoms with Crippen molar-refractivity contribution in [1.29, 1.82) is 0 Å². The standard InChI is InChI=1S/C7H17N/c1-4-5-6-7(2)8-3/h7-8H,4-6H2,1-3H3/t7-/m1/s1. The van der Waals surface area contributed by atoms with Crippen LogP contribution in [0, 0.1) is 0 Å². The van der Waals surface area contributed by atoms with Crippen molar-refractivity contribution >= 4 is 0 Å². The Balaban J connectivity index is 2.86. The summed E-state index contributed by atoms with van der Waals surface area (Å²) in [5.74, 6) is 0. The van der Waals surface area contributed by atoms with Gasteiger partial charge in [-0.1, -0.05) is 19.8 Å². The lowest BCUT2D eigenvalue weighted by atomic mass is 10.1. The molecule has 0 aliphatic heterocycles. The van der Waals surface area contributed by atoms with E-state index in [1.54, 1.807) is 0 Å². The Morgan fingerprint density at radius 1 is 1.50 bits per heavy atom. The van der Waals surface area contributed by atoms with Crippen molar-refractivity contribution in [3.63, 3.8) is 0 Å². The van der Waals surface area contributed by atoms with Gasteiger partial charge in [0, 0.05) is 6.04 Å². The molecule has 0 saturated heterocycles. The first-order chi connectivity index (χ1) is 3.81. The van der Waals surface area contributed by atoms with Crippen molar-refractivity contribution in [2.24, 2.45) is 0 Å². The predicted octanol–water partition coefficient (Wildman–Crippen LogP) is 1.78. The maximum atomic E-state index is 3.20. The summed E-state index contributed by atoms with van der Waals surface area (Å²) in [5, 5.41) is 3.20. The third-order valence-electron chi connectivity index (χ3n) is 1.48. The minimum Gasteiger partial charge on any atom is -0.317 e. The number of unbranched alkanes of at least 4 members (excludes halogenated alkanes) is 1. The Hall–Kier alpha value is -0.0400. The van der Waals surface area contributed by atoms with Crippen LogP contribution in [0.15, 0.2) is 0 Å². The normalized spacial score (nSPS) is 13.9. The largest absolute Gasteiger partial charge is 0.317 e. The molecule has 0 aliphatic rings. The number of hydrogen-bond acceptors (Lipinski definition) is 1. The van der Waals surface area contributed by atoms with Gasteiger partial charge in [-0.3, -0.25) is 0 Å². The molecule has 0 spiro atoms. The second kappa shape index (κ2) is 5.10. The van der Waals surface area contributed by atoms with Crippen LogP contribution in [0.4, 0.5) is 0 Å². The molecule has 0 rings (SSSR count). The van der Waals surface area contributed by atoms with Gasteiger partial charge < -0.3 is 5.32 Å². The third-order valence-corrected chi connectivity index (χ3v) is 1.48. The van der Waals surface area contributed by atoms with Crippen LogP contribution < -0.4 is 5.32 Å². The summed E-state index contributed by atoms with van der Waals surface area (Å²) in [7, 11) is 2.01. The van der Waals surface area contributed by atoms with Crippen LogP contribution in [-0.2, 0) is 0 Å². The van der Waals surface area contributed by atoms with Gasteiger partial charge in [0.2, 0.25) is 0 Å². The summed E-state index contributed by atoms with van der Waals surface area (Å²) < 4.78 is 0. The zero-order valence-electron chi connectivity index (χ0n) is 6.20. The van der Waals surface area contributed by atoms with Gasteiger partial charge in [0.1, 0.15) is 0 Å². The molecule has 0 radical (unpaired) electrons. The minimum atomic E-state index is 0.704. The Bertz CT molecular complexity index is 43.7. The molecule has 0 aromatic heterocycles. The Morgan fingerprint density at radius 2 is 2.12 bits per heavy atom. The summed E-state index contributed by atoms with van der Waals surface area (Å²) in [6, 6.07) is 0.704. The van der Waals surface area contributed by atoms with Crippen LogP contribution in [0.1, 0.15) is 33.1 Å². The molecule has 0 fully saturated rings. The number of rotatable bonds is 4. The molecule has 50 valence electrons. The van der Waals surface area contributed by atoms with Crippen LogP contribution in [0.25, 0.3) is 0 Å². The van der Waals surface area contributed by atoms with Gasteiger partial charge in [0.05, 0.1) is 0 Å². The van der Waals surface area contributed by atoms with Gasteiger partial charge in [-0.25, -0.2) is 0 Å². The van der Waals surface area contributed by atoms with E-state index in [2.05, 4.69) is 19.2 Å².